The lowest BCUT2D eigenvalue weighted by Crippen LogP contribution is -2.32. The number of benzene rings is 2. The van der Waals surface area contributed by atoms with E-state index in [1.165, 1.54) is 12.1 Å². The number of aromatic hydroxyl groups is 2. The quantitative estimate of drug-likeness (QED) is 0.387. The number of rotatable bonds is 3. The number of carbonyl (C=O) groups excluding carboxylic acids is 2. The number of anilines is 1. The fraction of sp³-hybridized carbons (Fsp3) is 0.0625. The number of hydrogen-bond acceptors (Lipinski definition) is 5. The summed E-state index contributed by atoms with van der Waals surface area (Å²) in [5.74, 6) is -2.21. The van der Waals surface area contributed by atoms with Gasteiger partial charge in [0, 0.05) is 22.3 Å². The number of nitrogens with one attached hydrogen (secondary N) is 2. The molecule has 0 spiro atoms. The highest BCUT2D eigenvalue weighted by atomic mass is 35.5. The zero-order valence-electron chi connectivity index (χ0n) is 12.6. The Hall–Kier alpha value is -3.06. The highest BCUT2D eigenvalue weighted by Crippen LogP contribution is 2.23. The maximum absolute atomic E-state index is 11.8. The van der Waals surface area contributed by atoms with Crippen molar-refractivity contribution < 1.29 is 19.8 Å². The SMILES string of the molecule is Cc1c(Cl)cccc1NC(=O)C(=O)NN=Cc1ccc(O)cc1O. The van der Waals surface area contributed by atoms with Gasteiger partial charge in [-0.05, 0) is 36.8 Å². The van der Waals surface area contributed by atoms with Gasteiger partial charge in [-0.3, -0.25) is 9.59 Å². The van der Waals surface area contributed by atoms with E-state index in [2.05, 4.69) is 10.4 Å². The summed E-state index contributed by atoms with van der Waals surface area (Å²) in [5, 5.41) is 25.2. The fourth-order valence-corrected chi connectivity index (χ4v) is 1.95. The first-order valence-electron chi connectivity index (χ1n) is 6.80. The first-order chi connectivity index (χ1) is 11.4. The second-order valence-corrected chi connectivity index (χ2v) is 5.22. The summed E-state index contributed by atoms with van der Waals surface area (Å²) in [6, 6.07) is 8.80. The van der Waals surface area contributed by atoms with Gasteiger partial charge in [-0.2, -0.15) is 5.10 Å². The van der Waals surface area contributed by atoms with Crippen LogP contribution in [-0.4, -0.2) is 28.2 Å². The van der Waals surface area contributed by atoms with E-state index in [9.17, 15) is 14.7 Å². The van der Waals surface area contributed by atoms with Crippen molar-refractivity contribution in [2.75, 3.05) is 5.32 Å². The van der Waals surface area contributed by atoms with Gasteiger partial charge in [0.15, 0.2) is 0 Å². The van der Waals surface area contributed by atoms with Crippen molar-refractivity contribution in [3.05, 3.63) is 52.5 Å². The molecule has 2 aromatic carbocycles. The molecular formula is C16H14ClN3O4. The van der Waals surface area contributed by atoms with E-state index in [1.54, 1.807) is 25.1 Å². The average molecular weight is 348 g/mol. The van der Waals surface area contributed by atoms with Crippen LogP contribution < -0.4 is 10.7 Å². The first-order valence-corrected chi connectivity index (χ1v) is 7.17. The van der Waals surface area contributed by atoms with Crippen LogP contribution in [0, 0.1) is 6.92 Å². The van der Waals surface area contributed by atoms with E-state index < -0.39 is 11.8 Å². The lowest BCUT2D eigenvalue weighted by Gasteiger charge is -2.08. The van der Waals surface area contributed by atoms with E-state index in [0.717, 1.165) is 12.3 Å². The fourth-order valence-electron chi connectivity index (χ4n) is 1.77. The molecule has 2 amide bonds. The molecule has 0 bridgehead atoms. The van der Waals surface area contributed by atoms with Crippen molar-refractivity contribution in [2.45, 2.75) is 6.92 Å². The maximum atomic E-state index is 11.8. The predicted molar refractivity (Wildman–Crippen MR) is 90.3 cm³/mol. The molecular weight excluding hydrogens is 334 g/mol. The number of phenolic OH excluding ortho intramolecular Hbond substituents is 2. The standard InChI is InChI=1S/C16H14ClN3O4/c1-9-12(17)3-2-4-13(9)19-15(23)16(24)20-18-8-10-5-6-11(21)7-14(10)22/h2-8,21-22H,1H3,(H,19,23)(H,20,24). The van der Waals surface area contributed by atoms with Crippen molar-refractivity contribution in [2.24, 2.45) is 5.10 Å². The Labute approximate surface area is 142 Å². The molecule has 0 fully saturated rings. The Morgan fingerprint density at radius 1 is 1.17 bits per heavy atom. The Balaban J connectivity index is 1.98. The van der Waals surface area contributed by atoms with Crippen LogP contribution >= 0.6 is 11.6 Å². The minimum Gasteiger partial charge on any atom is -0.508 e. The summed E-state index contributed by atoms with van der Waals surface area (Å²) >= 11 is 5.94. The van der Waals surface area contributed by atoms with Crippen molar-refractivity contribution in [3.8, 4) is 11.5 Å². The molecule has 0 aliphatic rings. The number of nitrogens with zero attached hydrogens (tertiary/aromatic N) is 1. The van der Waals surface area contributed by atoms with Gasteiger partial charge in [0.1, 0.15) is 11.5 Å². The molecule has 0 saturated heterocycles. The van der Waals surface area contributed by atoms with Gasteiger partial charge in [-0.15, -0.1) is 0 Å². The molecule has 2 rings (SSSR count). The van der Waals surface area contributed by atoms with E-state index >= 15 is 0 Å². The van der Waals surface area contributed by atoms with E-state index in [4.69, 9.17) is 16.7 Å². The summed E-state index contributed by atoms with van der Waals surface area (Å²) < 4.78 is 0. The highest BCUT2D eigenvalue weighted by molar-refractivity contribution is 6.40. The van der Waals surface area contributed by atoms with Crippen LogP contribution in [0.4, 0.5) is 5.69 Å². The molecule has 8 heteroatoms. The van der Waals surface area contributed by atoms with Crippen LogP contribution in [0.15, 0.2) is 41.5 Å². The predicted octanol–water partition coefficient (Wildman–Crippen LogP) is 2.15. The van der Waals surface area contributed by atoms with Crippen LogP contribution in [0.5, 0.6) is 11.5 Å². The Bertz CT molecular complexity index is 821. The van der Waals surface area contributed by atoms with Gasteiger partial charge in [0.2, 0.25) is 0 Å². The Morgan fingerprint density at radius 3 is 2.62 bits per heavy atom. The largest absolute Gasteiger partial charge is 0.508 e. The zero-order valence-corrected chi connectivity index (χ0v) is 13.3. The normalized spacial score (nSPS) is 10.6. The minimum atomic E-state index is -0.983. The van der Waals surface area contributed by atoms with Gasteiger partial charge in [-0.1, -0.05) is 17.7 Å². The van der Waals surface area contributed by atoms with Gasteiger partial charge < -0.3 is 15.5 Å². The van der Waals surface area contributed by atoms with Gasteiger partial charge in [0.05, 0.1) is 6.21 Å². The van der Waals surface area contributed by atoms with E-state index in [-0.39, 0.29) is 17.1 Å². The topological polar surface area (TPSA) is 111 Å². The molecule has 0 aliphatic heterocycles. The number of phenols is 2. The second-order valence-electron chi connectivity index (χ2n) is 4.81. The third-order valence-electron chi connectivity index (χ3n) is 3.11. The molecule has 124 valence electrons. The third kappa shape index (κ3) is 4.23. The monoisotopic (exact) mass is 347 g/mol. The molecule has 0 saturated carbocycles. The molecule has 0 unspecified atom stereocenters. The molecule has 24 heavy (non-hydrogen) atoms. The number of amides is 2. The molecule has 0 aliphatic carbocycles. The highest BCUT2D eigenvalue weighted by Gasteiger charge is 2.14. The van der Waals surface area contributed by atoms with Crippen molar-refractivity contribution in [1.29, 1.82) is 0 Å². The smallest absolute Gasteiger partial charge is 0.329 e. The summed E-state index contributed by atoms with van der Waals surface area (Å²) in [6.45, 7) is 1.71. The summed E-state index contributed by atoms with van der Waals surface area (Å²) in [4.78, 5) is 23.5. The zero-order chi connectivity index (χ0) is 17.7. The molecule has 2 aromatic rings. The number of hydrazone groups is 1. The van der Waals surface area contributed by atoms with Crippen molar-refractivity contribution in [1.82, 2.24) is 5.43 Å². The summed E-state index contributed by atoms with van der Waals surface area (Å²) in [5.41, 5.74) is 3.36. The van der Waals surface area contributed by atoms with E-state index in [1.807, 2.05) is 5.43 Å². The lowest BCUT2D eigenvalue weighted by atomic mass is 10.2. The van der Waals surface area contributed by atoms with Gasteiger partial charge in [-0.25, -0.2) is 5.43 Å². The van der Waals surface area contributed by atoms with Crippen LogP contribution in [0.1, 0.15) is 11.1 Å². The van der Waals surface area contributed by atoms with Crippen molar-refractivity contribution >= 4 is 35.3 Å². The molecule has 7 nitrogen and oxygen atoms in total. The van der Waals surface area contributed by atoms with Gasteiger partial charge >= 0.3 is 11.8 Å². The number of hydrogen-bond donors (Lipinski definition) is 4. The van der Waals surface area contributed by atoms with Crippen LogP contribution in [0.2, 0.25) is 5.02 Å². The average Bonchev–Trinajstić information content (AvgIpc) is 2.53. The molecule has 0 aromatic heterocycles. The third-order valence-corrected chi connectivity index (χ3v) is 3.52. The summed E-state index contributed by atoms with van der Waals surface area (Å²) in [6.07, 6.45) is 1.14. The van der Waals surface area contributed by atoms with Crippen LogP contribution in [-0.2, 0) is 9.59 Å². The van der Waals surface area contributed by atoms with Crippen molar-refractivity contribution in [3.63, 3.8) is 0 Å². The lowest BCUT2D eigenvalue weighted by molar-refractivity contribution is -0.136. The molecule has 0 atom stereocenters. The van der Waals surface area contributed by atoms with E-state index in [0.29, 0.717) is 16.3 Å². The summed E-state index contributed by atoms with van der Waals surface area (Å²) in [7, 11) is 0. The molecule has 0 heterocycles. The van der Waals surface area contributed by atoms with Crippen LogP contribution in [0.3, 0.4) is 0 Å². The first kappa shape index (κ1) is 17.3. The Morgan fingerprint density at radius 2 is 1.92 bits per heavy atom. The second kappa shape index (κ2) is 7.47. The Kier molecular flexibility index (Phi) is 5.39. The minimum absolute atomic E-state index is 0.107. The van der Waals surface area contributed by atoms with Gasteiger partial charge in [0.25, 0.3) is 0 Å². The molecule has 4 N–H and O–H groups in total. The number of halogens is 1. The molecule has 0 radical (unpaired) electrons. The number of carbonyl (C=O) groups is 2. The maximum Gasteiger partial charge on any atom is 0.329 e. The van der Waals surface area contributed by atoms with Crippen LogP contribution in [0.25, 0.3) is 0 Å².